The van der Waals surface area contributed by atoms with Crippen LogP contribution in [0.5, 0.6) is 0 Å². The van der Waals surface area contributed by atoms with Crippen molar-refractivity contribution in [3.8, 4) is 6.07 Å². The third kappa shape index (κ3) is 2.80. The van der Waals surface area contributed by atoms with Gasteiger partial charge >= 0.3 is 0 Å². The molecule has 2 rings (SSSR count). The number of piperidine rings is 1. The van der Waals surface area contributed by atoms with Crippen LogP contribution in [-0.2, 0) is 10.0 Å². The highest BCUT2D eigenvalue weighted by molar-refractivity contribution is 7.89. The van der Waals surface area contributed by atoms with Crippen LogP contribution in [0.15, 0.2) is 29.2 Å². The van der Waals surface area contributed by atoms with Crippen LogP contribution in [0.25, 0.3) is 0 Å². The number of nitriles is 1. The lowest BCUT2D eigenvalue weighted by Crippen LogP contribution is -2.43. The summed E-state index contributed by atoms with van der Waals surface area (Å²) in [5, 5.41) is 8.88. The average Bonchev–Trinajstić information content (AvgIpc) is 2.47. The highest BCUT2D eigenvalue weighted by Crippen LogP contribution is 2.27. The van der Waals surface area contributed by atoms with Gasteiger partial charge in [-0.15, -0.1) is 0 Å². The minimum atomic E-state index is -3.47. The maximum absolute atomic E-state index is 12.6. The molecule has 5 heteroatoms. The fourth-order valence-corrected chi connectivity index (χ4v) is 4.37. The van der Waals surface area contributed by atoms with E-state index in [4.69, 9.17) is 5.26 Å². The zero-order valence-corrected chi connectivity index (χ0v) is 11.9. The van der Waals surface area contributed by atoms with E-state index < -0.39 is 10.0 Å². The van der Waals surface area contributed by atoms with Crippen LogP contribution in [-0.4, -0.2) is 25.3 Å². The summed E-state index contributed by atoms with van der Waals surface area (Å²) in [6.07, 6.45) is 3.75. The molecule has 0 bridgehead atoms. The lowest BCUT2D eigenvalue weighted by molar-refractivity contribution is 0.246. The smallest absolute Gasteiger partial charge is 0.207 e. The quantitative estimate of drug-likeness (QED) is 0.853. The third-order valence-electron chi connectivity index (χ3n) is 3.61. The molecule has 1 aliphatic heterocycles. The SMILES string of the molecule is CCC1CCCCN1S(=O)(=O)c1cccc(C#N)c1. The zero-order chi connectivity index (χ0) is 13.9. The first kappa shape index (κ1) is 14.0. The first-order valence-corrected chi connectivity index (χ1v) is 8.05. The van der Waals surface area contributed by atoms with Gasteiger partial charge in [0.25, 0.3) is 0 Å². The topological polar surface area (TPSA) is 61.2 Å². The Hall–Kier alpha value is -1.38. The predicted octanol–water partition coefficient (Wildman–Crippen LogP) is 2.51. The summed E-state index contributed by atoms with van der Waals surface area (Å²) in [7, 11) is -3.47. The molecule has 0 amide bonds. The lowest BCUT2D eigenvalue weighted by Gasteiger charge is -2.34. The highest BCUT2D eigenvalue weighted by Gasteiger charge is 2.32. The number of hydrogen-bond donors (Lipinski definition) is 0. The molecule has 1 heterocycles. The van der Waals surface area contributed by atoms with E-state index in [0.29, 0.717) is 12.1 Å². The van der Waals surface area contributed by atoms with Gasteiger partial charge in [-0.1, -0.05) is 19.4 Å². The van der Waals surface area contributed by atoms with E-state index in [9.17, 15) is 8.42 Å². The van der Waals surface area contributed by atoms with E-state index in [1.165, 1.54) is 6.07 Å². The van der Waals surface area contributed by atoms with Gasteiger partial charge in [-0.25, -0.2) is 8.42 Å². The summed E-state index contributed by atoms with van der Waals surface area (Å²) in [6.45, 7) is 2.60. The summed E-state index contributed by atoms with van der Waals surface area (Å²) >= 11 is 0. The maximum atomic E-state index is 12.6. The van der Waals surface area contributed by atoms with Crippen LogP contribution in [0.1, 0.15) is 38.2 Å². The summed E-state index contributed by atoms with van der Waals surface area (Å²) < 4.78 is 26.9. The molecule has 1 unspecified atom stereocenters. The Kier molecular flexibility index (Phi) is 4.23. The Labute approximate surface area is 114 Å². The van der Waals surface area contributed by atoms with Crippen LogP contribution in [0.2, 0.25) is 0 Å². The summed E-state index contributed by atoms with van der Waals surface area (Å²) in [5.74, 6) is 0. The molecule has 1 fully saturated rings. The average molecular weight is 278 g/mol. The van der Waals surface area contributed by atoms with Crippen molar-refractivity contribution >= 4 is 10.0 Å². The molecule has 19 heavy (non-hydrogen) atoms. The van der Waals surface area contributed by atoms with Gasteiger partial charge in [0.05, 0.1) is 16.5 Å². The molecule has 1 aromatic carbocycles. The minimum absolute atomic E-state index is 0.0875. The van der Waals surface area contributed by atoms with Crippen molar-refractivity contribution in [1.29, 1.82) is 5.26 Å². The first-order chi connectivity index (χ1) is 9.09. The molecule has 4 nitrogen and oxygen atoms in total. The van der Waals surface area contributed by atoms with E-state index in [0.717, 1.165) is 25.7 Å². The maximum Gasteiger partial charge on any atom is 0.243 e. The number of hydrogen-bond acceptors (Lipinski definition) is 3. The molecular weight excluding hydrogens is 260 g/mol. The molecule has 1 atom stereocenters. The van der Waals surface area contributed by atoms with Crippen molar-refractivity contribution in [3.05, 3.63) is 29.8 Å². The summed E-state index contributed by atoms with van der Waals surface area (Å²) in [6, 6.07) is 8.33. The van der Waals surface area contributed by atoms with Gasteiger partial charge in [0.1, 0.15) is 0 Å². The molecule has 1 aromatic rings. The van der Waals surface area contributed by atoms with Crippen LogP contribution >= 0.6 is 0 Å². The first-order valence-electron chi connectivity index (χ1n) is 6.61. The molecule has 1 saturated heterocycles. The van der Waals surface area contributed by atoms with E-state index in [2.05, 4.69) is 0 Å². The predicted molar refractivity (Wildman–Crippen MR) is 73.0 cm³/mol. The highest BCUT2D eigenvalue weighted by atomic mass is 32.2. The van der Waals surface area contributed by atoms with Crippen LogP contribution < -0.4 is 0 Å². The van der Waals surface area contributed by atoms with Crippen molar-refractivity contribution in [2.75, 3.05) is 6.54 Å². The molecular formula is C14H18N2O2S. The molecule has 1 aliphatic rings. The number of benzene rings is 1. The van der Waals surface area contributed by atoms with Gasteiger partial charge < -0.3 is 0 Å². The van der Waals surface area contributed by atoms with Gasteiger partial charge in [0.2, 0.25) is 10.0 Å². The number of rotatable bonds is 3. The fourth-order valence-electron chi connectivity index (χ4n) is 2.56. The van der Waals surface area contributed by atoms with Gasteiger partial charge in [-0.2, -0.15) is 9.57 Å². The van der Waals surface area contributed by atoms with Crippen LogP contribution in [0.4, 0.5) is 0 Å². The van der Waals surface area contributed by atoms with Crippen LogP contribution in [0.3, 0.4) is 0 Å². The summed E-state index contributed by atoms with van der Waals surface area (Å²) in [4.78, 5) is 0.229. The van der Waals surface area contributed by atoms with Gasteiger partial charge in [0, 0.05) is 12.6 Å². The van der Waals surface area contributed by atoms with Crippen LogP contribution in [0, 0.1) is 11.3 Å². The van der Waals surface area contributed by atoms with Crippen molar-refractivity contribution in [2.45, 2.75) is 43.5 Å². The largest absolute Gasteiger partial charge is 0.243 e. The monoisotopic (exact) mass is 278 g/mol. The number of nitrogens with zero attached hydrogens (tertiary/aromatic N) is 2. The Morgan fingerprint density at radius 2 is 2.21 bits per heavy atom. The second-order valence-corrected chi connectivity index (χ2v) is 6.70. The Morgan fingerprint density at radius 1 is 1.42 bits per heavy atom. The molecule has 102 valence electrons. The van der Waals surface area contributed by atoms with Crippen molar-refractivity contribution < 1.29 is 8.42 Å². The van der Waals surface area contributed by atoms with E-state index in [-0.39, 0.29) is 10.9 Å². The van der Waals surface area contributed by atoms with Gasteiger partial charge in [-0.05, 0) is 37.5 Å². The molecule has 0 aliphatic carbocycles. The normalized spacial score (nSPS) is 20.9. The standard InChI is InChI=1S/C14H18N2O2S/c1-2-13-7-3-4-9-16(13)19(17,18)14-8-5-6-12(10-14)11-15/h5-6,8,10,13H,2-4,7,9H2,1H3. The number of sulfonamides is 1. The molecule has 0 aromatic heterocycles. The molecule has 0 saturated carbocycles. The lowest BCUT2D eigenvalue weighted by atomic mass is 10.0. The second kappa shape index (κ2) is 5.72. The molecule has 0 N–H and O–H groups in total. The third-order valence-corrected chi connectivity index (χ3v) is 5.56. The van der Waals surface area contributed by atoms with E-state index in [1.807, 2.05) is 13.0 Å². The minimum Gasteiger partial charge on any atom is -0.207 e. The fraction of sp³-hybridized carbons (Fsp3) is 0.500. The van der Waals surface area contributed by atoms with Gasteiger partial charge in [-0.3, -0.25) is 0 Å². The van der Waals surface area contributed by atoms with Crippen molar-refractivity contribution in [3.63, 3.8) is 0 Å². The second-order valence-electron chi connectivity index (χ2n) is 4.81. The zero-order valence-electron chi connectivity index (χ0n) is 11.0. The molecule has 0 spiro atoms. The summed E-state index contributed by atoms with van der Waals surface area (Å²) in [5.41, 5.74) is 0.381. The Balaban J connectivity index is 2.38. The Morgan fingerprint density at radius 3 is 2.89 bits per heavy atom. The Bertz CT molecular complexity index is 590. The van der Waals surface area contributed by atoms with Crippen molar-refractivity contribution in [1.82, 2.24) is 4.31 Å². The van der Waals surface area contributed by atoms with E-state index in [1.54, 1.807) is 22.5 Å². The molecule has 0 radical (unpaired) electrons. The van der Waals surface area contributed by atoms with Crippen molar-refractivity contribution in [2.24, 2.45) is 0 Å². The van der Waals surface area contributed by atoms with Gasteiger partial charge in [0.15, 0.2) is 0 Å². The van der Waals surface area contributed by atoms with E-state index >= 15 is 0 Å².